The Labute approximate surface area is 135 Å². The van der Waals surface area contributed by atoms with Crippen LogP contribution in [0.4, 0.5) is 0 Å². The number of hydrogen-bond acceptors (Lipinski definition) is 3. The van der Waals surface area contributed by atoms with Gasteiger partial charge in [0.2, 0.25) is 0 Å². The minimum atomic E-state index is -0.575. The fourth-order valence-corrected chi connectivity index (χ4v) is 2.90. The van der Waals surface area contributed by atoms with Crippen LogP contribution in [0.5, 0.6) is 5.75 Å². The maximum Gasteiger partial charge on any atom is 0.263 e. The Morgan fingerprint density at radius 3 is 3.00 bits per heavy atom. The number of halogens is 2. The van der Waals surface area contributed by atoms with Crippen LogP contribution in [0.2, 0.25) is 10.0 Å². The number of ether oxygens (including phenoxy) is 1. The van der Waals surface area contributed by atoms with Gasteiger partial charge in [0.15, 0.2) is 6.10 Å². The Morgan fingerprint density at radius 1 is 1.52 bits per heavy atom. The average molecular weight is 331 g/mol. The Bertz CT molecular complexity index is 510. The average Bonchev–Trinajstić information content (AvgIpc) is 2.92. The van der Waals surface area contributed by atoms with Gasteiger partial charge < -0.3 is 15.0 Å². The minimum Gasteiger partial charge on any atom is -0.479 e. The van der Waals surface area contributed by atoms with Crippen molar-refractivity contribution in [3.05, 3.63) is 28.2 Å². The van der Waals surface area contributed by atoms with Crippen molar-refractivity contribution in [3.8, 4) is 5.75 Å². The quantitative estimate of drug-likeness (QED) is 0.902. The highest BCUT2D eigenvalue weighted by Gasteiger charge is 2.29. The van der Waals surface area contributed by atoms with Crippen molar-refractivity contribution < 1.29 is 9.53 Å². The molecule has 0 radical (unpaired) electrons. The Balaban J connectivity index is 1.95. The van der Waals surface area contributed by atoms with Crippen LogP contribution in [0.25, 0.3) is 0 Å². The number of benzene rings is 1. The van der Waals surface area contributed by atoms with E-state index in [1.54, 1.807) is 25.1 Å². The smallest absolute Gasteiger partial charge is 0.263 e. The van der Waals surface area contributed by atoms with E-state index in [0.717, 1.165) is 26.1 Å². The molecule has 1 aliphatic rings. The summed E-state index contributed by atoms with van der Waals surface area (Å²) < 4.78 is 5.67. The molecular formula is C15H20Cl2N2O2. The monoisotopic (exact) mass is 330 g/mol. The van der Waals surface area contributed by atoms with Gasteiger partial charge in [-0.3, -0.25) is 4.79 Å². The zero-order valence-corrected chi connectivity index (χ0v) is 13.7. The Hall–Kier alpha value is -0.970. The largest absolute Gasteiger partial charge is 0.479 e. The summed E-state index contributed by atoms with van der Waals surface area (Å²) >= 11 is 12.0. The molecule has 0 spiro atoms. The van der Waals surface area contributed by atoms with Crippen molar-refractivity contribution in [3.63, 3.8) is 0 Å². The van der Waals surface area contributed by atoms with Gasteiger partial charge in [-0.1, -0.05) is 29.3 Å². The highest BCUT2D eigenvalue weighted by Crippen LogP contribution is 2.32. The van der Waals surface area contributed by atoms with Crippen LogP contribution in [0, 0.1) is 5.92 Å². The van der Waals surface area contributed by atoms with Crippen LogP contribution >= 0.6 is 23.2 Å². The van der Waals surface area contributed by atoms with Crippen LogP contribution in [0.3, 0.4) is 0 Å². The molecule has 0 bridgehead atoms. The molecule has 6 heteroatoms. The molecular weight excluding hydrogens is 311 g/mol. The van der Waals surface area contributed by atoms with E-state index < -0.39 is 6.10 Å². The number of nitrogens with one attached hydrogen (secondary N) is 1. The summed E-state index contributed by atoms with van der Waals surface area (Å²) in [5.74, 6) is 0.946. The van der Waals surface area contributed by atoms with Crippen LogP contribution < -0.4 is 10.1 Å². The lowest BCUT2D eigenvalue weighted by atomic mass is 10.1. The van der Waals surface area contributed by atoms with E-state index in [0.29, 0.717) is 21.7 Å². The third-order valence-electron chi connectivity index (χ3n) is 3.66. The fourth-order valence-electron chi connectivity index (χ4n) is 2.56. The predicted molar refractivity (Wildman–Crippen MR) is 85.2 cm³/mol. The van der Waals surface area contributed by atoms with Gasteiger partial charge in [0.25, 0.3) is 5.91 Å². The second-order valence-corrected chi connectivity index (χ2v) is 6.09. The second kappa shape index (κ2) is 7.34. The summed E-state index contributed by atoms with van der Waals surface area (Å²) in [5.41, 5.74) is 0. The maximum atomic E-state index is 12.4. The summed E-state index contributed by atoms with van der Waals surface area (Å²) in [4.78, 5) is 14.3. The molecule has 1 saturated heterocycles. The van der Waals surface area contributed by atoms with Crippen molar-refractivity contribution in [2.75, 3.05) is 26.7 Å². The second-order valence-electron chi connectivity index (χ2n) is 5.31. The normalized spacial score (nSPS) is 19.6. The van der Waals surface area contributed by atoms with E-state index in [1.165, 1.54) is 0 Å². The summed E-state index contributed by atoms with van der Waals surface area (Å²) in [7, 11) is 1.93. The molecule has 116 valence electrons. The maximum absolute atomic E-state index is 12.4. The highest BCUT2D eigenvalue weighted by atomic mass is 35.5. The third kappa shape index (κ3) is 4.02. The van der Waals surface area contributed by atoms with Crippen molar-refractivity contribution in [2.45, 2.75) is 19.4 Å². The summed E-state index contributed by atoms with van der Waals surface area (Å²) in [6, 6.07) is 5.15. The molecule has 0 unspecified atom stereocenters. The third-order valence-corrected chi connectivity index (χ3v) is 4.46. The van der Waals surface area contributed by atoms with Crippen molar-refractivity contribution in [1.29, 1.82) is 0 Å². The number of hydrogen-bond donors (Lipinski definition) is 1. The van der Waals surface area contributed by atoms with E-state index in [4.69, 9.17) is 27.9 Å². The van der Waals surface area contributed by atoms with E-state index in [-0.39, 0.29) is 5.91 Å². The minimum absolute atomic E-state index is 0.00959. The molecule has 1 aliphatic heterocycles. The first-order chi connectivity index (χ1) is 10.0. The summed E-state index contributed by atoms with van der Waals surface area (Å²) in [6.45, 7) is 4.23. The molecule has 4 nitrogen and oxygen atoms in total. The molecule has 2 rings (SSSR count). The summed E-state index contributed by atoms with van der Waals surface area (Å²) in [5, 5.41) is 3.91. The van der Waals surface area contributed by atoms with Crippen molar-refractivity contribution >= 4 is 29.1 Å². The van der Waals surface area contributed by atoms with Crippen LogP contribution in [-0.2, 0) is 4.79 Å². The first-order valence-corrected chi connectivity index (χ1v) is 7.82. The number of rotatable bonds is 5. The molecule has 1 amide bonds. The van der Waals surface area contributed by atoms with Gasteiger partial charge in [-0.25, -0.2) is 0 Å². The lowest BCUT2D eigenvalue weighted by molar-refractivity contribution is -0.136. The zero-order valence-electron chi connectivity index (χ0n) is 12.2. The van der Waals surface area contributed by atoms with Crippen LogP contribution in [0.15, 0.2) is 18.2 Å². The van der Waals surface area contributed by atoms with Crippen molar-refractivity contribution in [1.82, 2.24) is 10.2 Å². The number of amides is 1. The standard InChI is InChI=1S/C15H20Cl2N2O2/c1-10(21-13-5-3-4-12(16)14(13)17)15(20)19-7-6-11(9-19)8-18-2/h3-5,10-11,18H,6-9H2,1-2H3/t10-,11-/m1/s1. The lowest BCUT2D eigenvalue weighted by Gasteiger charge is -2.22. The van der Waals surface area contributed by atoms with E-state index in [1.807, 2.05) is 11.9 Å². The molecule has 1 aromatic rings. The van der Waals surface area contributed by atoms with Gasteiger partial charge in [0.05, 0.1) is 5.02 Å². The Kier molecular flexibility index (Phi) is 5.73. The summed E-state index contributed by atoms with van der Waals surface area (Å²) in [6.07, 6.45) is 0.450. The van der Waals surface area contributed by atoms with Gasteiger partial charge in [0, 0.05) is 13.1 Å². The van der Waals surface area contributed by atoms with Gasteiger partial charge in [-0.15, -0.1) is 0 Å². The van der Waals surface area contributed by atoms with E-state index in [2.05, 4.69) is 5.32 Å². The Morgan fingerprint density at radius 2 is 2.29 bits per heavy atom. The first kappa shape index (κ1) is 16.4. The number of likely N-dealkylation sites (tertiary alicyclic amines) is 1. The predicted octanol–water partition coefficient (Wildman–Crippen LogP) is 2.83. The molecule has 0 aliphatic carbocycles. The molecule has 1 aromatic carbocycles. The zero-order chi connectivity index (χ0) is 15.4. The van der Waals surface area contributed by atoms with Gasteiger partial charge in [-0.05, 0) is 45.0 Å². The van der Waals surface area contributed by atoms with Gasteiger partial charge >= 0.3 is 0 Å². The molecule has 21 heavy (non-hydrogen) atoms. The first-order valence-electron chi connectivity index (χ1n) is 7.07. The van der Waals surface area contributed by atoms with Gasteiger partial charge in [-0.2, -0.15) is 0 Å². The number of carbonyl (C=O) groups excluding carboxylic acids is 1. The fraction of sp³-hybridized carbons (Fsp3) is 0.533. The molecule has 1 heterocycles. The van der Waals surface area contributed by atoms with Crippen molar-refractivity contribution in [2.24, 2.45) is 5.92 Å². The van der Waals surface area contributed by atoms with Gasteiger partial charge in [0.1, 0.15) is 10.8 Å². The topological polar surface area (TPSA) is 41.6 Å². The van der Waals surface area contributed by atoms with Crippen LogP contribution in [0.1, 0.15) is 13.3 Å². The molecule has 0 aromatic heterocycles. The lowest BCUT2D eigenvalue weighted by Crippen LogP contribution is -2.39. The number of nitrogens with zero attached hydrogens (tertiary/aromatic N) is 1. The van der Waals surface area contributed by atoms with E-state index in [9.17, 15) is 4.79 Å². The molecule has 0 saturated carbocycles. The molecule has 2 atom stereocenters. The molecule has 1 N–H and O–H groups in total. The van der Waals surface area contributed by atoms with Crippen LogP contribution in [-0.4, -0.2) is 43.6 Å². The number of carbonyl (C=O) groups is 1. The SMILES string of the molecule is CNC[C@H]1CCN(C(=O)[C@@H](C)Oc2cccc(Cl)c2Cl)C1. The highest BCUT2D eigenvalue weighted by molar-refractivity contribution is 6.42. The van der Waals surface area contributed by atoms with E-state index >= 15 is 0 Å². The molecule has 1 fully saturated rings.